The second-order valence-corrected chi connectivity index (χ2v) is 7.27. The molecule has 1 aromatic heterocycles. The summed E-state index contributed by atoms with van der Waals surface area (Å²) in [5.74, 6) is -0.295. The molecule has 1 amide bonds. The second kappa shape index (κ2) is 8.09. The van der Waals surface area contributed by atoms with E-state index in [4.69, 9.17) is 0 Å². The number of H-pyrrole nitrogens is 1. The molecule has 0 atom stereocenters. The van der Waals surface area contributed by atoms with E-state index < -0.39 is 0 Å². The molecule has 29 heavy (non-hydrogen) atoms. The Labute approximate surface area is 170 Å². The van der Waals surface area contributed by atoms with E-state index in [1.54, 1.807) is 18.2 Å². The first-order valence-corrected chi connectivity index (χ1v) is 10.1. The fraction of sp³-hybridized carbons (Fsp3) is 0.304. The quantitative estimate of drug-likeness (QED) is 0.452. The van der Waals surface area contributed by atoms with Crippen LogP contribution >= 0.6 is 0 Å². The number of nitrogens with one attached hydrogen (secondary N) is 2. The molecule has 6 nitrogen and oxygen atoms in total. The van der Waals surface area contributed by atoms with Crippen LogP contribution < -0.4 is 5.32 Å². The molecule has 3 N–H and O–H groups in total. The van der Waals surface area contributed by atoms with E-state index in [2.05, 4.69) is 46.4 Å². The highest BCUT2D eigenvalue weighted by molar-refractivity contribution is 5.98. The SMILES string of the molecule is CCN(CC)CCNC(=O)c1cc(-c2n[nH]c3c2Cc2ccccc2-3)ccc1O. The summed E-state index contributed by atoms with van der Waals surface area (Å²) >= 11 is 0. The van der Waals surface area contributed by atoms with Crippen LogP contribution in [0.2, 0.25) is 0 Å². The smallest absolute Gasteiger partial charge is 0.255 e. The summed E-state index contributed by atoms with van der Waals surface area (Å²) in [6.45, 7) is 7.41. The van der Waals surface area contributed by atoms with Crippen molar-refractivity contribution in [3.63, 3.8) is 0 Å². The third kappa shape index (κ3) is 3.63. The van der Waals surface area contributed by atoms with Gasteiger partial charge in [0, 0.05) is 36.2 Å². The Morgan fingerprint density at radius 1 is 1.21 bits per heavy atom. The number of carbonyl (C=O) groups is 1. The monoisotopic (exact) mass is 390 g/mol. The zero-order chi connectivity index (χ0) is 20.4. The molecule has 1 aliphatic rings. The van der Waals surface area contributed by atoms with Crippen LogP contribution in [-0.2, 0) is 6.42 Å². The van der Waals surface area contributed by atoms with Gasteiger partial charge in [0.15, 0.2) is 0 Å². The summed E-state index contributed by atoms with van der Waals surface area (Å²) in [5.41, 5.74) is 6.53. The molecule has 2 aromatic carbocycles. The number of phenols is 1. The first-order valence-electron chi connectivity index (χ1n) is 10.1. The molecule has 3 aromatic rings. The van der Waals surface area contributed by atoms with Crippen LogP contribution in [0.5, 0.6) is 5.75 Å². The Balaban J connectivity index is 1.56. The number of hydrogen-bond acceptors (Lipinski definition) is 4. The number of nitrogens with zero attached hydrogens (tertiary/aromatic N) is 2. The molecule has 0 fully saturated rings. The van der Waals surface area contributed by atoms with Gasteiger partial charge >= 0.3 is 0 Å². The van der Waals surface area contributed by atoms with E-state index in [0.717, 1.165) is 48.6 Å². The Hall–Kier alpha value is -3.12. The Morgan fingerprint density at radius 2 is 2.00 bits per heavy atom. The van der Waals surface area contributed by atoms with Crippen molar-refractivity contribution in [2.24, 2.45) is 0 Å². The minimum Gasteiger partial charge on any atom is -0.507 e. The number of amides is 1. The van der Waals surface area contributed by atoms with Crippen LogP contribution in [0.3, 0.4) is 0 Å². The van der Waals surface area contributed by atoms with Crippen molar-refractivity contribution < 1.29 is 9.90 Å². The Kier molecular flexibility index (Phi) is 5.36. The molecule has 0 unspecified atom stereocenters. The average Bonchev–Trinajstić information content (AvgIpc) is 3.31. The zero-order valence-corrected chi connectivity index (χ0v) is 16.8. The topological polar surface area (TPSA) is 81.2 Å². The predicted octanol–water partition coefficient (Wildman–Crippen LogP) is 3.43. The standard InChI is InChI=1S/C23H26N4O2/c1-3-27(4-2)12-11-24-23(29)18-14-16(9-10-20(18)28)21-19-13-15-7-5-6-8-17(15)22(19)26-25-21/h5-10,14,28H,3-4,11-13H2,1-2H3,(H,24,29)(H,25,26). The van der Waals surface area contributed by atoms with Crippen LogP contribution in [0.15, 0.2) is 42.5 Å². The molecule has 0 saturated carbocycles. The second-order valence-electron chi connectivity index (χ2n) is 7.27. The van der Waals surface area contributed by atoms with Gasteiger partial charge in [0.05, 0.1) is 17.0 Å². The van der Waals surface area contributed by atoms with Gasteiger partial charge in [-0.2, -0.15) is 5.10 Å². The molecule has 0 spiro atoms. The van der Waals surface area contributed by atoms with Crippen molar-refractivity contribution in [2.75, 3.05) is 26.2 Å². The molecule has 1 aliphatic carbocycles. The van der Waals surface area contributed by atoms with Crippen molar-refractivity contribution in [1.29, 1.82) is 0 Å². The number of aromatic nitrogens is 2. The van der Waals surface area contributed by atoms with Gasteiger partial charge in [0.25, 0.3) is 5.91 Å². The summed E-state index contributed by atoms with van der Waals surface area (Å²) in [4.78, 5) is 14.9. The summed E-state index contributed by atoms with van der Waals surface area (Å²) in [6, 6.07) is 13.4. The van der Waals surface area contributed by atoms with Crippen molar-refractivity contribution in [3.05, 3.63) is 59.2 Å². The van der Waals surface area contributed by atoms with Gasteiger partial charge in [-0.3, -0.25) is 9.89 Å². The number of benzene rings is 2. The molecule has 0 saturated heterocycles. The van der Waals surface area contributed by atoms with Gasteiger partial charge < -0.3 is 15.3 Å². The molecular formula is C23H26N4O2. The average molecular weight is 390 g/mol. The molecule has 1 heterocycles. The normalized spacial score (nSPS) is 12.1. The van der Waals surface area contributed by atoms with Gasteiger partial charge in [0.2, 0.25) is 0 Å². The van der Waals surface area contributed by atoms with Crippen molar-refractivity contribution >= 4 is 5.91 Å². The summed E-state index contributed by atoms with van der Waals surface area (Å²) in [7, 11) is 0. The molecule has 150 valence electrons. The van der Waals surface area contributed by atoms with E-state index in [1.807, 2.05) is 12.1 Å². The molecule has 0 radical (unpaired) electrons. The minimum absolute atomic E-state index is 0.0236. The maximum Gasteiger partial charge on any atom is 0.255 e. The lowest BCUT2D eigenvalue weighted by molar-refractivity contribution is 0.0946. The fourth-order valence-corrected chi connectivity index (χ4v) is 3.94. The van der Waals surface area contributed by atoms with E-state index >= 15 is 0 Å². The van der Waals surface area contributed by atoms with Gasteiger partial charge in [0.1, 0.15) is 5.75 Å². The van der Waals surface area contributed by atoms with Gasteiger partial charge in [-0.1, -0.05) is 38.1 Å². The number of phenolic OH excluding ortho intramolecular Hbond substituents is 1. The molecule has 4 rings (SSSR count). The molecule has 0 aliphatic heterocycles. The number of aromatic hydroxyl groups is 1. The number of likely N-dealkylation sites (N-methyl/N-ethyl adjacent to an activating group) is 1. The van der Waals surface area contributed by atoms with Crippen molar-refractivity contribution in [1.82, 2.24) is 20.4 Å². The van der Waals surface area contributed by atoms with Crippen LogP contribution in [0, 0.1) is 0 Å². The lowest BCUT2D eigenvalue weighted by atomic mass is 10.0. The Morgan fingerprint density at radius 3 is 2.79 bits per heavy atom. The largest absolute Gasteiger partial charge is 0.507 e. The first-order chi connectivity index (χ1) is 14.1. The van der Waals surface area contributed by atoms with Crippen molar-refractivity contribution in [2.45, 2.75) is 20.3 Å². The highest BCUT2D eigenvalue weighted by Crippen LogP contribution is 2.40. The predicted molar refractivity (Wildman–Crippen MR) is 114 cm³/mol. The number of carbonyl (C=O) groups excluding carboxylic acids is 1. The van der Waals surface area contributed by atoms with Crippen LogP contribution in [0.4, 0.5) is 0 Å². The van der Waals surface area contributed by atoms with E-state index in [9.17, 15) is 9.90 Å². The van der Waals surface area contributed by atoms with Crippen LogP contribution in [-0.4, -0.2) is 52.3 Å². The minimum atomic E-state index is -0.271. The zero-order valence-electron chi connectivity index (χ0n) is 16.8. The summed E-state index contributed by atoms with van der Waals surface area (Å²) < 4.78 is 0. The van der Waals surface area contributed by atoms with E-state index in [0.29, 0.717) is 6.54 Å². The van der Waals surface area contributed by atoms with Crippen molar-refractivity contribution in [3.8, 4) is 28.3 Å². The lowest BCUT2D eigenvalue weighted by Crippen LogP contribution is -2.34. The summed E-state index contributed by atoms with van der Waals surface area (Å²) in [6.07, 6.45) is 0.809. The summed E-state index contributed by atoms with van der Waals surface area (Å²) in [5, 5.41) is 20.8. The lowest BCUT2D eigenvalue weighted by Gasteiger charge is -2.18. The van der Waals surface area contributed by atoms with Gasteiger partial charge in [-0.25, -0.2) is 0 Å². The number of rotatable bonds is 7. The maximum absolute atomic E-state index is 12.6. The molecule has 6 heteroatoms. The third-order valence-corrected chi connectivity index (χ3v) is 5.64. The molecule has 0 bridgehead atoms. The fourth-order valence-electron chi connectivity index (χ4n) is 3.94. The maximum atomic E-state index is 12.6. The molecular weight excluding hydrogens is 364 g/mol. The highest BCUT2D eigenvalue weighted by atomic mass is 16.3. The number of aromatic amines is 1. The highest BCUT2D eigenvalue weighted by Gasteiger charge is 2.25. The van der Waals surface area contributed by atoms with Gasteiger partial charge in [-0.15, -0.1) is 0 Å². The Bertz CT molecular complexity index is 1040. The number of fused-ring (bicyclic) bond motifs is 3. The third-order valence-electron chi connectivity index (χ3n) is 5.64. The van der Waals surface area contributed by atoms with E-state index in [1.165, 1.54) is 11.1 Å². The van der Waals surface area contributed by atoms with E-state index in [-0.39, 0.29) is 17.2 Å². The van der Waals surface area contributed by atoms with Crippen LogP contribution in [0.1, 0.15) is 35.3 Å². The van der Waals surface area contributed by atoms with Gasteiger partial charge in [-0.05, 0) is 36.9 Å². The number of hydrogen-bond donors (Lipinski definition) is 3. The first kappa shape index (κ1) is 19.2. The van der Waals surface area contributed by atoms with Crippen LogP contribution in [0.25, 0.3) is 22.5 Å².